The van der Waals surface area contributed by atoms with Crippen molar-refractivity contribution in [1.82, 2.24) is 19.8 Å². The molecule has 0 aliphatic rings. The number of imidazole rings is 1. The molecule has 0 spiro atoms. The number of esters is 1. The lowest BCUT2D eigenvalue weighted by Crippen LogP contribution is -2.47. The summed E-state index contributed by atoms with van der Waals surface area (Å²) in [6, 6.07) is 18.2. The number of benzene rings is 2. The Bertz CT molecular complexity index is 1080. The van der Waals surface area contributed by atoms with Gasteiger partial charge in [0.05, 0.1) is 32.2 Å². The number of carboxylic acids is 1. The molecule has 0 aliphatic heterocycles. The van der Waals surface area contributed by atoms with Crippen LogP contribution in [0.15, 0.2) is 73.2 Å². The Kier molecular flexibility index (Phi) is 8.93. The smallest absolute Gasteiger partial charge is 0.328 e. The molecule has 1 atom stereocenters. The van der Waals surface area contributed by atoms with E-state index in [4.69, 9.17) is 4.74 Å². The van der Waals surface area contributed by atoms with E-state index in [1.54, 1.807) is 6.33 Å². The Morgan fingerprint density at radius 2 is 1.68 bits per heavy atom. The van der Waals surface area contributed by atoms with Crippen LogP contribution in [0.3, 0.4) is 0 Å². The zero-order valence-corrected chi connectivity index (χ0v) is 19.0. The number of hydrogen-bond acceptors (Lipinski definition) is 6. The van der Waals surface area contributed by atoms with Crippen LogP contribution in [-0.4, -0.2) is 63.6 Å². The van der Waals surface area contributed by atoms with Gasteiger partial charge in [0.2, 0.25) is 5.91 Å². The van der Waals surface area contributed by atoms with E-state index in [9.17, 15) is 19.5 Å². The van der Waals surface area contributed by atoms with Gasteiger partial charge in [0.25, 0.3) is 0 Å². The Hall–Kier alpha value is -3.98. The first-order chi connectivity index (χ1) is 16.4. The van der Waals surface area contributed by atoms with Crippen molar-refractivity contribution in [2.45, 2.75) is 25.6 Å². The molecule has 2 N–H and O–H groups in total. The summed E-state index contributed by atoms with van der Waals surface area (Å²) in [5.41, 5.74) is 2.62. The van der Waals surface area contributed by atoms with Gasteiger partial charge in [-0.15, -0.1) is 0 Å². The second kappa shape index (κ2) is 12.3. The van der Waals surface area contributed by atoms with E-state index < -0.39 is 23.9 Å². The van der Waals surface area contributed by atoms with Gasteiger partial charge in [0.15, 0.2) is 0 Å². The third-order valence-corrected chi connectivity index (χ3v) is 5.10. The highest BCUT2D eigenvalue weighted by Crippen LogP contribution is 2.08. The largest absolute Gasteiger partial charge is 0.480 e. The quantitative estimate of drug-likeness (QED) is 0.392. The first kappa shape index (κ1) is 24.7. The fraction of sp³-hybridized carbons (Fsp3) is 0.280. The van der Waals surface area contributed by atoms with Crippen molar-refractivity contribution in [3.05, 3.63) is 90.0 Å². The maximum absolute atomic E-state index is 12.7. The van der Waals surface area contributed by atoms with Crippen molar-refractivity contribution in [2.75, 3.05) is 20.2 Å². The molecule has 0 radical (unpaired) electrons. The summed E-state index contributed by atoms with van der Waals surface area (Å²) in [7, 11) is 1.25. The number of nitrogens with zero attached hydrogens (tertiary/aromatic N) is 3. The molecule has 0 saturated carbocycles. The number of ether oxygens (including phenoxy) is 1. The maximum atomic E-state index is 12.7. The third kappa shape index (κ3) is 7.86. The lowest BCUT2D eigenvalue weighted by Gasteiger charge is -2.22. The SMILES string of the molecule is COC(=O)[C@H](Cc1cn(Cc2ccccc2)cn1)NC(=O)CN(CC(=O)O)Cc1ccccc1. The van der Waals surface area contributed by atoms with E-state index in [-0.39, 0.29) is 26.1 Å². The van der Waals surface area contributed by atoms with Crippen LogP contribution in [0.4, 0.5) is 0 Å². The zero-order valence-electron chi connectivity index (χ0n) is 19.0. The molecule has 1 amide bonds. The monoisotopic (exact) mass is 464 g/mol. The van der Waals surface area contributed by atoms with Crippen LogP contribution in [0, 0.1) is 0 Å². The van der Waals surface area contributed by atoms with Crippen LogP contribution in [0.5, 0.6) is 0 Å². The molecule has 0 saturated heterocycles. The van der Waals surface area contributed by atoms with Crippen LogP contribution in [0.1, 0.15) is 16.8 Å². The minimum Gasteiger partial charge on any atom is -0.480 e. The van der Waals surface area contributed by atoms with Gasteiger partial charge in [-0.1, -0.05) is 60.7 Å². The number of amides is 1. The molecule has 0 aliphatic carbocycles. The number of nitrogens with one attached hydrogen (secondary N) is 1. The lowest BCUT2D eigenvalue weighted by molar-refractivity contribution is -0.145. The Morgan fingerprint density at radius 1 is 1.03 bits per heavy atom. The number of hydrogen-bond donors (Lipinski definition) is 2. The first-order valence-electron chi connectivity index (χ1n) is 10.8. The average molecular weight is 465 g/mol. The Morgan fingerprint density at radius 3 is 2.29 bits per heavy atom. The van der Waals surface area contributed by atoms with Crippen molar-refractivity contribution in [3.8, 4) is 0 Å². The molecule has 1 aromatic heterocycles. The summed E-state index contributed by atoms with van der Waals surface area (Å²) < 4.78 is 6.76. The van der Waals surface area contributed by atoms with Gasteiger partial charge in [-0.2, -0.15) is 0 Å². The van der Waals surface area contributed by atoms with E-state index in [2.05, 4.69) is 10.3 Å². The highest BCUT2D eigenvalue weighted by atomic mass is 16.5. The van der Waals surface area contributed by atoms with Gasteiger partial charge in [-0.25, -0.2) is 9.78 Å². The molecule has 3 rings (SSSR count). The van der Waals surface area contributed by atoms with Crippen LogP contribution < -0.4 is 5.32 Å². The van der Waals surface area contributed by atoms with Crippen molar-refractivity contribution in [2.24, 2.45) is 0 Å². The first-order valence-corrected chi connectivity index (χ1v) is 10.8. The van der Waals surface area contributed by atoms with Crippen molar-refractivity contribution in [1.29, 1.82) is 0 Å². The third-order valence-electron chi connectivity index (χ3n) is 5.10. The normalized spacial score (nSPS) is 11.7. The Labute approximate surface area is 198 Å². The molecule has 0 bridgehead atoms. The molecule has 178 valence electrons. The molecule has 0 unspecified atom stereocenters. The van der Waals surface area contributed by atoms with Crippen LogP contribution >= 0.6 is 0 Å². The number of carbonyl (C=O) groups excluding carboxylic acids is 2. The topological polar surface area (TPSA) is 114 Å². The van der Waals surface area contributed by atoms with E-state index in [0.29, 0.717) is 12.2 Å². The Balaban J connectivity index is 1.62. The van der Waals surface area contributed by atoms with E-state index >= 15 is 0 Å². The number of aromatic nitrogens is 2. The molecule has 9 heteroatoms. The van der Waals surface area contributed by atoms with E-state index in [1.807, 2.05) is 71.4 Å². The van der Waals surface area contributed by atoms with Gasteiger partial charge in [0.1, 0.15) is 6.04 Å². The number of carboxylic acid groups (broad SMARTS) is 1. The highest BCUT2D eigenvalue weighted by molar-refractivity contribution is 5.86. The number of aliphatic carboxylic acids is 1. The predicted octanol–water partition coefficient (Wildman–Crippen LogP) is 1.72. The van der Waals surface area contributed by atoms with Crippen LogP contribution in [0.25, 0.3) is 0 Å². The summed E-state index contributed by atoms with van der Waals surface area (Å²) in [6.07, 6.45) is 3.64. The van der Waals surface area contributed by atoms with E-state index in [0.717, 1.165) is 11.1 Å². The minimum absolute atomic E-state index is 0.151. The van der Waals surface area contributed by atoms with E-state index in [1.165, 1.54) is 12.0 Å². The maximum Gasteiger partial charge on any atom is 0.328 e. The minimum atomic E-state index is -1.04. The summed E-state index contributed by atoms with van der Waals surface area (Å²) in [5, 5.41) is 11.9. The molecule has 2 aromatic carbocycles. The summed E-state index contributed by atoms with van der Waals surface area (Å²) in [6.45, 7) is 0.423. The molecular formula is C25H28N4O5. The molecule has 1 heterocycles. The fourth-order valence-corrected chi connectivity index (χ4v) is 3.58. The second-order valence-corrected chi connectivity index (χ2v) is 7.89. The fourth-order valence-electron chi connectivity index (χ4n) is 3.58. The molecular weight excluding hydrogens is 436 g/mol. The number of rotatable bonds is 12. The molecule has 34 heavy (non-hydrogen) atoms. The standard InChI is InChI=1S/C25H28N4O5/c1-34-25(33)22(12-21-15-29(18-26-21)14-20-10-6-3-7-11-20)27-23(30)16-28(17-24(31)32)13-19-8-4-2-5-9-19/h2-11,15,18,22H,12-14,16-17H2,1H3,(H,27,30)(H,31,32)/t22-/m0/s1. The number of carbonyl (C=O) groups is 3. The second-order valence-electron chi connectivity index (χ2n) is 7.89. The van der Waals surface area contributed by atoms with Gasteiger partial charge < -0.3 is 19.7 Å². The molecule has 9 nitrogen and oxygen atoms in total. The molecule has 0 fully saturated rings. The predicted molar refractivity (Wildman–Crippen MR) is 125 cm³/mol. The highest BCUT2D eigenvalue weighted by Gasteiger charge is 2.24. The zero-order chi connectivity index (χ0) is 24.3. The summed E-state index contributed by atoms with van der Waals surface area (Å²) >= 11 is 0. The van der Waals surface area contributed by atoms with Crippen LogP contribution in [0.2, 0.25) is 0 Å². The average Bonchev–Trinajstić information content (AvgIpc) is 3.25. The van der Waals surface area contributed by atoms with Gasteiger partial charge in [-0.3, -0.25) is 14.5 Å². The van der Waals surface area contributed by atoms with Crippen molar-refractivity contribution in [3.63, 3.8) is 0 Å². The number of methoxy groups -OCH3 is 1. The van der Waals surface area contributed by atoms with Crippen molar-refractivity contribution < 1.29 is 24.2 Å². The van der Waals surface area contributed by atoms with Gasteiger partial charge in [-0.05, 0) is 11.1 Å². The van der Waals surface area contributed by atoms with Crippen LogP contribution in [-0.2, 0) is 38.6 Å². The van der Waals surface area contributed by atoms with Crippen molar-refractivity contribution >= 4 is 17.8 Å². The van der Waals surface area contributed by atoms with Gasteiger partial charge >= 0.3 is 11.9 Å². The lowest BCUT2D eigenvalue weighted by atomic mass is 10.1. The molecule has 3 aromatic rings. The summed E-state index contributed by atoms with van der Waals surface area (Å²) in [4.78, 5) is 42.2. The summed E-state index contributed by atoms with van der Waals surface area (Å²) in [5.74, 6) is -2.12. The van der Waals surface area contributed by atoms with Gasteiger partial charge in [0, 0.05) is 25.7 Å².